The summed E-state index contributed by atoms with van der Waals surface area (Å²) in [5, 5.41) is 4.36. The molecule has 2 rings (SSSR count). The van der Waals surface area contributed by atoms with E-state index < -0.39 is 0 Å². The van der Waals surface area contributed by atoms with Crippen molar-refractivity contribution in [2.75, 3.05) is 31.7 Å². The second kappa shape index (κ2) is 8.04. The first-order valence-corrected chi connectivity index (χ1v) is 7.56. The molecule has 1 N–H and O–H groups in total. The highest BCUT2D eigenvalue weighted by Gasteiger charge is 2.11. The van der Waals surface area contributed by atoms with E-state index in [1.54, 1.807) is 24.7 Å². The Morgan fingerprint density at radius 1 is 1.50 bits per heavy atom. The molecule has 20 heavy (non-hydrogen) atoms. The summed E-state index contributed by atoms with van der Waals surface area (Å²) in [6.45, 7) is 6.21. The van der Waals surface area contributed by atoms with Gasteiger partial charge in [-0.2, -0.15) is 0 Å². The molecule has 0 aliphatic rings. The molecule has 0 fully saturated rings. The first kappa shape index (κ1) is 15.0. The van der Waals surface area contributed by atoms with Crippen LogP contribution in [-0.2, 0) is 17.8 Å². The lowest BCUT2D eigenvalue weighted by Gasteiger charge is -2.17. The van der Waals surface area contributed by atoms with Gasteiger partial charge >= 0.3 is 0 Å². The number of thiazole rings is 1. The Balaban J connectivity index is 1.88. The molecule has 0 saturated carbocycles. The van der Waals surface area contributed by atoms with E-state index in [-0.39, 0.29) is 0 Å². The van der Waals surface area contributed by atoms with E-state index in [9.17, 15) is 0 Å². The van der Waals surface area contributed by atoms with Crippen molar-refractivity contribution in [1.29, 1.82) is 0 Å². The van der Waals surface area contributed by atoms with Gasteiger partial charge in [-0.15, -0.1) is 11.3 Å². The molecule has 0 spiro atoms. The van der Waals surface area contributed by atoms with Crippen molar-refractivity contribution in [3.05, 3.63) is 35.2 Å². The maximum Gasteiger partial charge on any atom is 0.185 e. The van der Waals surface area contributed by atoms with Gasteiger partial charge in [0.1, 0.15) is 5.76 Å². The third-order valence-corrected chi connectivity index (χ3v) is 3.96. The Morgan fingerprint density at radius 2 is 2.40 bits per heavy atom. The minimum absolute atomic E-state index is 0.727. The van der Waals surface area contributed by atoms with Crippen molar-refractivity contribution >= 4 is 16.5 Å². The zero-order valence-corrected chi connectivity index (χ0v) is 12.8. The maximum absolute atomic E-state index is 5.39. The number of ether oxygens (including phenoxy) is 1. The number of rotatable bonds is 9. The standard InChI is InChI=1S/C14H21N3O2S/c1-3-17(11-12-5-4-7-19-12)14-16-10-13(20-14)9-15-6-8-18-2/h4-5,7,10,15H,3,6,8-9,11H2,1-2H3. The van der Waals surface area contributed by atoms with Crippen molar-refractivity contribution in [3.63, 3.8) is 0 Å². The molecule has 6 heteroatoms. The molecule has 0 aliphatic heterocycles. The molecule has 2 aromatic rings. The molecule has 0 radical (unpaired) electrons. The zero-order valence-electron chi connectivity index (χ0n) is 12.0. The van der Waals surface area contributed by atoms with Crippen molar-refractivity contribution < 1.29 is 9.15 Å². The quantitative estimate of drug-likeness (QED) is 0.720. The highest BCUT2D eigenvalue weighted by atomic mass is 32.1. The smallest absolute Gasteiger partial charge is 0.185 e. The van der Waals surface area contributed by atoms with Crippen LogP contribution >= 0.6 is 11.3 Å². The van der Waals surface area contributed by atoms with Gasteiger partial charge in [0, 0.05) is 37.8 Å². The fourth-order valence-corrected chi connectivity index (χ4v) is 2.76. The van der Waals surface area contributed by atoms with E-state index in [0.717, 1.165) is 43.7 Å². The lowest BCUT2D eigenvalue weighted by atomic mass is 10.4. The number of methoxy groups -OCH3 is 1. The Morgan fingerprint density at radius 3 is 3.10 bits per heavy atom. The number of nitrogens with zero attached hydrogens (tertiary/aromatic N) is 2. The summed E-state index contributed by atoms with van der Waals surface area (Å²) >= 11 is 1.72. The van der Waals surface area contributed by atoms with E-state index in [2.05, 4.69) is 22.1 Å². The van der Waals surface area contributed by atoms with Crippen LogP contribution in [0.5, 0.6) is 0 Å². The average Bonchev–Trinajstić information content (AvgIpc) is 3.12. The van der Waals surface area contributed by atoms with Crippen LogP contribution in [0.1, 0.15) is 17.6 Å². The van der Waals surface area contributed by atoms with Crippen LogP contribution in [0.25, 0.3) is 0 Å². The molecular formula is C14H21N3O2S. The second-order valence-corrected chi connectivity index (χ2v) is 5.47. The van der Waals surface area contributed by atoms with Crippen LogP contribution in [0.3, 0.4) is 0 Å². The molecular weight excluding hydrogens is 274 g/mol. The normalized spacial score (nSPS) is 10.9. The summed E-state index contributed by atoms with van der Waals surface area (Å²) in [5.41, 5.74) is 0. The lowest BCUT2D eigenvalue weighted by molar-refractivity contribution is 0.199. The predicted octanol–water partition coefficient (Wildman–Crippen LogP) is 2.50. The highest BCUT2D eigenvalue weighted by Crippen LogP contribution is 2.24. The summed E-state index contributed by atoms with van der Waals surface area (Å²) in [6.07, 6.45) is 3.64. The highest BCUT2D eigenvalue weighted by molar-refractivity contribution is 7.15. The summed E-state index contributed by atoms with van der Waals surface area (Å²) in [7, 11) is 1.71. The van der Waals surface area contributed by atoms with Gasteiger partial charge in [-0.25, -0.2) is 4.98 Å². The molecule has 2 heterocycles. The number of aromatic nitrogens is 1. The van der Waals surface area contributed by atoms with Crippen LogP contribution in [0.2, 0.25) is 0 Å². The molecule has 0 bridgehead atoms. The third kappa shape index (κ3) is 4.33. The van der Waals surface area contributed by atoms with Gasteiger partial charge in [-0.05, 0) is 19.1 Å². The van der Waals surface area contributed by atoms with Crippen LogP contribution < -0.4 is 10.2 Å². The van der Waals surface area contributed by atoms with Crippen LogP contribution in [0.4, 0.5) is 5.13 Å². The van der Waals surface area contributed by atoms with Gasteiger partial charge in [0.05, 0.1) is 19.4 Å². The summed E-state index contributed by atoms with van der Waals surface area (Å²) in [5.74, 6) is 0.960. The van der Waals surface area contributed by atoms with E-state index in [4.69, 9.17) is 9.15 Å². The Kier molecular flexibility index (Phi) is 6.04. The van der Waals surface area contributed by atoms with Gasteiger partial charge in [0.25, 0.3) is 0 Å². The number of anilines is 1. The Bertz CT molecular complexity index is 484. The van der Waals surface area contributed by atoms with Gasteiger partial charge in [-0.3, -0.25) is 0 Å². The minimum Gasteiger partial charge on any atom is -0.467 e. The molecule has 0 aliphatic carbocycles. The number of hydrogen-bond acceptors (Lipinski definition) is 6. The molecule has 2 aromatic heterocycles. The molecule has 0 unspecified atom stereocenters. The van der Waals surface area contributed by atoms with E-state index >= 15 is 0 Å². The number of furan rings is 1. The van der Waals surface area contributed by atoms with Crippen LogP contribution in [-0.4, -0.2) is 31.8 Å². The van der Waals surface area contributed by atoms with Gasteiger partial charge in [0.2, 0.25) is 0 Å². The predicted molar refractivity (Wildman–Crippen MR) is 81.1 cm³/mol. The van der Waals surface area contributed by atoms with E-state index in [1.807, 2.05) is 18.3 Å². The maximum atomic E-state index is 5.39. The Hall–Kier alpha value is -1.37. The molecule has 0 atom stereocenters. The van der Waals surface area contributed by atoms with Crippen molar-refractivity contribution in [2.24, 2.45) is 0 Å². The van der Waals surface area contributed by atoms with Crippen molar-refractivity contribution in [3.8, 4) is 0 Å². The van der Waals surface area contributed by atoms with E-state index in [0.29, 0.717) is 0 Å². The molecule has 0 saturated heterocycles. The van der Waals surface area contributed by atoms with Crippen LogP contribution in [0.15, 0.2) is 29.0 Å². The van der Waals surface area contributed by atoms with Gasteiger partial charge < -0.3 is 19.4 Å². The van der Waals surface area contributed by atoms with Gasteiger partial charge in [0.15, 0.2) is 5.13 Å². The summed E-state index contributed by atoms with van der Waals surface area (Å²) in [4.78, 5) is 7.94. The Labute approximate surface area is 123 Å². The average molecular weight is 295 g/mol. The SMILES string of the molecule is CCN(Cc1ccco1)c1ncc(CNCCOC)s1. The van der Waals surface area contributed by atoms with E-state index in [1.165, 1.54) is 4.88 Å². The molecule has 0 aromatic carbocycles. The lowest BCUT2D eigenvalue weighted by Crippen LogP contribution is -2.21. The zero-order chi connectivity index (χ0) is 14.2. The molecule has 0 amide bonds. The fraction of sp³-hybridized carbons (Fsp3) is 0.500. The first-order valence-electron chi connectivity index (χ1n) is 6.75. The molecule has 5 nitrogen and oxygen atoms in total. The van der Waals surface area contributed by atoms with Crippen LogP contribution in [0, 0.1) is 0 Å². The first-order chi connectivity index (χ1) is 9.83. The minimum atomic E-state index is 0.727. The second-order valence-electron chi connectivity index (χ2n) is 4.37. The van der Waals surface area contributed by atoms with Crippen molar-refractivity contribution in [2.45, 2.75) is 20.0 Å². The van der Waals surface area contributed by atoms with Crippen molar-refractivity contribution in [1.82, 2.24) is 10.3 Å². The largest absolute Gasteiger partial charge is 0.467 e. The number of nitrogens with one attached hydrogen (secondary N) is 1. The monoisotopic (exact) mass is 295 g/mol. The molecule has 110 valence electrons. The topological polar surface area (TPSA) is 50.5 Å². The summed E-state index contributed by atoms with van der Waals surface area (Å²) < 4.78 is 10.4. The fourth-order valence-electron chi connectivity index (χ4n) is 1.82. The summed E-state index contributed by atoms with van der Waals surface area (Å²) in [6, 6.07) is 3.90. The third-order valence-electron chi connectivity index (χ3n) is 2.90. The van der Waals surface area contributed by atoms with Gasteiger partial charge in [-0.1, -0.05) is 0 Å². The number of hydrogen-bond donors (Lipinski definition) is 1.